The Hall–Kier alpha value is -1.69. The minimum Gasteiger partial charge on any atom is -0.308 e. The lowest BCUT2D eigenvalue weighted by atomic mass is 10.1. The van der Waals surface area contributed by atoms with Crippen LogP contribution in [0.2, 0.25) is 0 Å². The Morgan fingerprint density at radius 2 is 1.32 bits per heavy atom. The molecule has 0 heterocycles. The van der Waals surface area contributed by atoms with Gasteiger partial charge in [0, 0.05) is 20.1 Å². The average Bonchev–Trinajstić information content (AvgIpc) is 2.53. The van der Waals surface area contributed by atoms with Crippen LogP contribution in [-0.4, -0.2) is 51.9 Å². The van der Waals surface area contributed by atoms with E-state index < -0.39 is 10.0 Å². The predicted octanol–water partition coefficient (Wildman–Crippen LogP) is 2.54. The molecule has 0 atom stereocenters. The first-order chi connectivity index (χ1) is 10.4. The van der Waals surface area contributed by atoms with Crippen LogP contribution in [0, 0.1) is 0 Å². The third-order valence-corrected chi connectivity index (χ3v) is 5.40. The fourth-order valence-electron chi connectivity index (χ4n) is 2.09. The van der Waals surface area contributed by atoms with Crippen molar-refractivity contribution in [1.82, 2.24) is 9.21 Å². The second-order valence-corrected chi connectivity index (χ2v) is 7.57. The van der Waals surface area contributed by atoms with E-state index in [1.807, 2.05) is 61.5 Å². The minimum atomic E-state index is -3.43. The summed E-state index contributed by atoms with van der Waals surface area (Å²) in [7, 11) is 2.04. The Morgan fingerprint density at radius 3 is 1.86 bits per heavy atom. The lowest BCUT2D eigenvalue weighted by molar-refractivity contribution is 0.358. The van der Waals surface area contributed by atoms with Crippen LogP contribution in [0.15, 0.2) is 59.5 Å². The second-order valence-electron chi connectivity index (χ2n) is 5.52. The molecule has 22 heavy (non-hydrogen) atoms. The highest BCUT2D eigenvalue weighted by Gasteiger charge is 2.20. The summed E-state index contributed by atoms with van der Waals surface area (Å²) in [6.07, 6.45) is 0. The molecule has 0 fully saturated rings. The van der Waals surface area contributed by atoms with Crippen LogP contribution >= 0.6 is 0 Å². The van der Waals surface area contributed by atoms with Gasteiger partial charge in [0.25, 0.3) is 0 Å². The molecule has 118 valence electrons. The summed E-state index contributed by atoms with van der Waals surface area (Å²) < 4.78 is 26.4. The second kappa shape index (κ2) is 7.05. The molecular formula is C17H22N2O2S. The van der Waals surface area contributed by atoms with Gasteiger partial charge in [0.05, 0.1) is 4.90 Å². The molecule has 0 bridgehead atoms. The lowest BCUT2D eigenvalue weighted by Crippen LogP contribution is -2.33. The molecule has 0 aromatic heterocycles. The predicted molar refractivity (Wildman–Crippen MR) is 90.2 cm³/mol. The molecule has 4 nitrogen and oxygen atoms in total. The van der Waals surface area contributed by atoms with E-state index in [4.69, 9.17) is 0 Å². The van der Waals surface area contributed by atoms with Gasteiger partial charge in [-0.2, -0.15) is 4.31 Å². The largest absolute Gasteiger partial charge is 0.308 e. The Balaban J connectivity index is 2.19. The maximum absolute atomic E-state index is 12.5. The van der Waals surface area contributed by atoms with Crippen molar-refractivity contribution < 1.29 is 8.42 Å². The maximum atomic E-state index is 12.5. The summed E-state index contributed by atoms with van der Waals surface area (Å²) in [5.74, 6) is 0. The zero-order chi connectivity index (χ0) is 16.2. The Labute approximate surface area is 133 Å². The van der Waals surface area contributed by atoms with Gasteiger partial charge in [-0.15, -0.1) is 0 Å². The molecule has 0 N–H and O–H groups in total. The zero-order valence-corrected chi connectivity index (χ0v) is 14.0. The highest BCUT2D eigenvalue weighted by atomic mass is 32.2. The summed E-state index contributed by atoms with van der Waals surface area (Å²) in [5, 5.41) is 0. The lowest BCUT2D eigenvalue weighted by Gasteiger charge is -2.19. The number of hydrogen-bond donors (Lipinski definition) is 0. The van der Waals surface area contributed by atoms with E-state index in [1.165, 1.54) is 4.31 Å². The quantitative estimate of drug-likeness (QED) is 0.822. The van der Waals surface area contributed by atoms with Crippen molar-refractivity contribution in [3.05, 3.63) is 54.6 Å². The summed E-state index contributed by atoms with van der Waals surface area (Å²) in [4.78, 5) is 2.29. The smallest absolute Gasteiger partial charge is 0.242 e. The van der Waals surface area contributed by atoms with E-state index in [0.29, 0.717) is 18.0 Å². The van der Waals surface area contributed by atoms with Gasteiger partial charge in [-0.3, -0.25) is 0 Å². The van der Waals surface area contributed by atoms with Crippen molar-refractivity contribution in [2.45, 2.75) is 4.90 Å². The van der Waals surface area contributed by atoms with Gasteiger partial charge in [-0.25, -0.2) is 8.42 Å². The molecule has 2 aromatic rings. The first-order valence-electron chi connectivity index (χ1n) is 7.18. The molecule has 0 radical (unpaired) electrons. The summed E-state index contributed by atoms with van der Waals surface area (Å²) in [6, 6.07) is 16.9. The van der Waals surface area contributed by atoms with Gasteiger partial charge in [0.2, 0.25) is 10.0 Å². The molecule has 0 aliphatic carbocycles. The highest BCUT2D eigenvalue weighted by molar-refractivity contribution is 7.89. The van der Waals surface area contributed by atoms with Crippen LogP contribution in [0.1, 0.15) is 0 Å². The van der Waals surface area contributed by atoms with Crippen molar-refractivity contribution in [3.63, 3.8) is 0 Å². The molecule has 0 unspecified atom stereocenters. The fraction of sp³-hybridized carbons (Fsp3) is 0.294. The van der Waals surface area contributed by atoms with Crippen molar-refractivity contribution in [1.29, 1.82) is 0 Å². The molecule has 0 aliphatic rings. The van der Waals surface area contributed by atoms with Crippen molar-refractivity contribution in [3.8, 4) is 11.1 Å². The van der Waals surface area contributed by atoms with Crippen LogP contribution in [0.5, 0.6) is 0 Å². The van der Waals surface area contributed by atoms with Crippen molar-refractivity contribution >= 4 is 10.0 Å². The zero-order valence-electron chi connectivity index (χ0n) is 13.2. The molecule has 2 aromatic carbocycles. The fourth-order valence-corrected chi connectivity index (χ4v) is 3.25. The third kappa shape index (κ3) is 3.94. The van der Waals surface area contributed by atoms with E-state index in [2.05, 4.69) is 0 Å². The number of hydrogen-bond acceptors (Lipinski definition) is 3. The molecule has 0 amide bonds. The Morgan fingerprint density at radius 1 is 0.773 bits per heavy atom. The standard InChI is InChI=1S/C17H22N2O2S/c1-18(2)13-14-19(3)22(20,21)17-11-9-16(10-12-17)15-7-5-4-6-8-15/h4-12H,13-14H2,1-3H3. The van der Waals surface area contributed by atoms with Gasteiger partial charge in [-0.1, -0.05) is 42.5 Å². The number of nitrogens with zero attached hydrogens (tertiary/aromatic N) is 2. The molecule has 2 rings (SSSR count). The first kappa shape index (κ1) is 16.7. The van der Waals surface area contributed by atoms with Gasteiger partial charge in [-0.05, 0) is 37.4 Å². The van der Waals surface area contributed by atoms with Crippen LogP contribution in [0.4, 0.5) is 0 Å². The van der Waals surface area contributed by atoms with Gasteiger partial charge < -0.3 is 4.90 Å². The summed E-state index contributed by atoms with van der Waals surface area (Å²) in [6.45, 7) is 1.16. The van der Waals surface area contributed by atoms with Gasteiger partial charge in [0.1, 0.15) is 0 Å². The number of benzene rings is 2. The summed E-state index contributed by atoms with van der Waals surface area (Å²) >= 11 is 0. The molecule has 5 heteroatoms. The van der Waals surface area contributed by atoms with E-state index in [9.17, 15) is 8.42 Å². The van der Waals surface area contributed by atoms with Crippen molar-refractivity contribution in [2.24, 2.45) is 0 Å². The Bertz CT molecular complexity index is 695. The van der Waals surface area contributed by atoms with E-state index in [0.717, 1.165) is 11.1 Å². The van der Waals surface area contributed by atoms with Crippen LogP contribution < -0.4 is 0 Å². The monoisotopic (exact) mass is 318 g/mol. The van der Waals surface area contributed by atoms with Gasteiger partial charge in [0.15, 0.2) is 0 Å². The van der Waals surface area contributed by atoms with Crippen LogP contribution in [-0.2, 0) is 10.0 Å². The normalized spacial score (nSPS) is 12.0. The third-order valence-electron chi connectivity index (χ3n) is 3.53. The van der Waals surface area contributed by atoms with Crippen LogP contribution in [0.25, 0.3) is 11.1 Å². The van der Waals surface area contributed by atoms with E-state index in [-0.39, 0.29) is 0 Å². The minimum absolute atomic E-state index is 0.327. The number of likely N-dealkylation sites (N-methyl/N-ethyl adjacent to an activating group) is 2. The first-order valence-corrected chi connectivity index (χ1v) is 8.62. The number of rotatable bonds is 6. The SMILES string of the molecule is CN(C)CCN(C)S(=O)(=O)c1ccc(-c2ccccc2)cc1. The molecule has 0 saturated heterocycles. The molecule has 0 aliphatic heterocycles. The highest BCUT2D eigenvalue weighted by Crippen LogP contribution is 2.22. The van der Waals surface area contributed by atoms with Crippen LogP contribution in [0.3, 0.4) is 0 Å². The topological polar surface area (TPSA) is 40.6 Å². The maximum Gasteiger partial charge on any atom is 0.242 e. The van der Waals surface area contributed by atoms with Gasteiger partial charge >= 0.3 is 0 Å². The summed E-state index contributed by atoms with van der Waals surface area (Å²) in [5.41, 5.74) is 2.09. The van der Waals surface area contributed by atoms with Crippen molar-refractivity contribution in [2.75, 3.05) is 34.2 Å². The van der Waals surface area contributed by atoms with E-state index >= 15 is 0 Å². The number of sulfonamides is 1. The molecular weight excluding hydrogens is 296 g/mol. The molecule has 0 saturated carbocycles. The molecule has 0 spiro atoms. The van der Waals surface area contributed by atoms with E-state index in [1.54, 1.807) is 19.2 Å². The Kier molecular flexibility index (Phi) is 5.34. The average molecular weight is 318 g/mol.